The van der Waals surface area contributed by atoms with Crippen LogP contribution in [0.15, 0.2) is 66.9 Å². The molecule has 0 radical (unpaired) electrons. The highest BCUT2D eigenvalue weighted by molar-refractivity contribution is 5.91. The SMILES string of the molecule is COc1ccc(O)c(-c2nc(NCc3ccccn3)c3ccccc3n2)c1. The van der Waals surface area contributed by atoms with Crippen LogP contribution in [0.2, 0.25) is 0 Å². The molecule has 2 aromatic heterocycles. The zero-order chi connectivity index (χ0) is 18.6. The predicted octanol–water partition coefficient (Wildman–Crippen LogP) is 4.02. The minimum atomic E-state index is 0.0988. The van der Waals surface area contributed by atoms with E-state index in [0.29, 0.717) is 29.5 Å². The van der Waals surface area contributed by atoms with E-state index >= 15 is 0 Å². The highest BCUT2D eigenvalue weighted by Gasteiger charge is 2.13. The second-order valence-electron chi connectivity index (χ2n) is 5.97. The van der Waals surface area contributed by atoms with E-state index in [2.05, 4.69) is 20.3 Å². The number of hydrogen-bond donors (Lipinski definition) is 2. The maximum absolute atomic E-state index is 10.3. The van der Waals surface area contributed by atoms with Gasteiger partial charge >= 0.3 is 0 Å². The Morgan fingerprint density at radius 1 is 1.00 bits per heavy atom. The lowest BCUT2D eigenvalue weighted by Crippen LogP contribution is -2.05. The molecule has 6 nitrogen and oxygen atoms in total. The molecule has 2 heterocycles. The van der Waals surface area contributed by atoms with E-state index in [-0.39, 0.29) is 5.75 Å². The summed E-state index contributed by atoms with van der Waals surface area (Å²) in [7, 11) is 1.58. The van der Waals surface area contributed by atoms with E-state index in [1.54, 1.807) is 31.5 Å². The van der Waals surface area contributed by atoms with Crippen molar-refractivity contribution in [3.63, 3.8) is 0 Å². The van der Waals surface area contributed by atoms with E-state index in [4.69, 9.17) is 4.74 Å². The lowest BCUT2D eigenvalue weighted by atomic mass is 10.1. The molecule has 2 N–H and O–H groups in total. The summed E-state index contributed by atoms with van der Waals surface area (Å²) in [6.07, 6.45) is 1.76. The third kappa shape index (κ3) is 3.50. The Morgan fingerprint density at radius 3 is 2.67 bits per heavy atom. The van der Waals surface area contributed by atoms with Gasteiger partial charge in [-0.25, -0.2) is 9.97 Å². The van der Waals surface area contributed by atoms with Gasteiger partial charge in [0.25, 0.3) is 0 Å². The summed E-state index contributed by atoms with van der Waals surface area (Å²) >= 11 is 0. The lowest BCUT2D eigenvalue weighted by molar-refractivity contribution is 0.412. The van der Waals surface area contributed by atoms with Crippen LogP contribution in [0.5, 0.6) is 11.5 Å². The van der Waals surface area contributed by atoms with Crippen LogP contribution < -0.4 is 10.1 Å². The summed E-state index contributed by atoms with van der Waals surface area (Å²) in [5, 5.41) is 14.5. The van der Waals surface area contributed by atoms with Crippen LogP contribution in [0, 0.1) is 0 Å². The maximum Gasteiger partial charge on any atom is 0.166 e. The van der Waals surface area contributed by atoms with Gasteiger partial charge in [-0.05, 0) is 42.5 Å². The molecule has 4 aromatic rings. The van der Waals surface area contributed by atoms with Crippen molar-refractivity contribution in [3.8, 4) is 22.9 Å². The first-order valence-electron chi connectivity index (χ1n) is 8.52. The van der Waals surface area contributed by atoms with Crippen LogP contribution in [-0.4, -0.2) is 27.2 Å². The highest BCUT2D eigenvalue weighted by Crippen LogP contribution is 2.33. The van der Waals surface area contributed by atoms with Crippen molar-refractivity contribution in [1.29, 1.82) is 0 Å². The number of methoxy groups -OCH3 is 1. The zero-order valence-corrected chi connectivity index (χ0v) is 14.8. The van der Waals surface area contributed by atoms with Crippen molar-refractivity contribution in [2.24, 2.45) is 0 Å². The Bertz CT molecular complexity index is 1080. The fourth-order valence-electron chi connectivity index (χ4n) is 2.83. The van der Waals surface area contributed by atoms with Crippen LogP contribution in [0.1, 0.15) is 5.69 Å². The molecule has 0 bridgehead atoms. The van der Waals surface area contributed by atoms with E-state index in [9.17, 15) is 5.11 Å². The molecule has 4 rings (SSSR count). The van der Waals surface area contributed by atoms with Gasteiger partial charge in [0.05, 0.1) is 30.4 Å². The molecule has 0 aliphatic rings. The first-order chi connectivity index (χ1) is 13.2. The number of para-hydroxylation sites is 1. The summed E-state index contributed by atoms with van der Waals surface area (Å²) in [6.45, 7) is 0.533. The van der Waals surface area contributed by atoms with Crippen LogP contribution in [0.3, 0.4) is 0 Å². The number of hydrogen-bond acceptors (Lipinski definition) is 6. The second kappa shape index (κ2) is 7.29. The summed E-state index contributed by atoms with van der Waals surface area (Å²) < 4.78 is 5.26. The number of aromatic hydroxyl groups is 1. The van der Waals surface area contributed by atoms with E-state index in [0.717, 1.165) is 16.6 Å². The molecule has 0 spiro atoms. The molecule has 0 aliphatic carbocycles. The molecular formula is C21H18N4O2. The minimum Gasteiger partial charge on any atom is -0.507 e. The molecule has 6 heteroatoms. The standard InChI is InChI=1S/C21H18N4O2/c1-27-15-9-10-19(26)17(12-15)21-24-18-8-3-2-7-16(18)20(25-21)23-13-14-6-4-5-11-22-14/h2-12,26H,13H2,1H3,(H,23,24,25). The van der Waals surface area contributed by atoms with E-state index < -0.39 is 0 Å². The first kappa shape index (κ1) is 16.8. The van der Waals surface area contributed by atoms with Gasteiger partial charge in [0.15, 0.2) is 5.82 Å². The van der Waals surface area contributed by atoms with Crippen molar-refractivity contribution in [2.45, 2.75) is 6.54 Å². The van der Waals surface area contributed by atoms with Gasteiger partial charge in [-0.3, -0.25) is 4.98 Å². The van der Waals surface area contributed by atoms with Gasteiger partial charge in [-0.2, -0.15) is 0 Å². The molecule has 0 saturated heterocycles. The van der Waals surface area contributed by atoms with Gasteiger partial charge in [0.2, 0.25) is 0 Å². The number of phenolic OH excluding ortho intramolecular Hbond substituents is 1. The topological polar surface area (TPSA) is 80.2 Å². The van der Waals surface area contributed by atoms with Crippen LogP contribution in [0.4, 0.5) is 5.82 Å². The largest absolute Gasteiger partial charge is 0.507 e. The molecule has 134 valence electrons. The van der Waals surface area contributed by atoms with Gasteiger partial charge < -0.3 is 15.2 Å². The number of ether oxygens (including phenoxy) is 1. The fourth-order valence-corrected chi connectivity index (χ4v) is 2.83. The number of nitrogens with one attached hydrogen (secondary N) is 1. The normalized spacial score (nSPS) is 10.7. The van der Waals surface area contributed by atoms with Gasteiger partial charge in [-0.1, -0.05) is 18.2 Å². The molecule has 0 aliphatic heterocycles. The molecule has 0 atom stereocenters. The highest BCUT2D eigenvalue weighted by atomic mass is 16.5. The maximum atomic E-state index is 10.3. The molecule has 0 saturated carbocycles. The number of benzene rings is 2. The Morgan fingerprint density at radius 2 is 1.85 bits per heavy atom. The summed E-state index contributed by atoms with van der Waals surface area (Å²) in [4.78, 5) is 13.6. The number of aromatic nitrogens is 3. The number of pyridine rings is 1. The summed E-state index contributed by atoms with van der Waals surface area (Å²) in [5.41, 5.74) is 2.21. The first-order valence-corrected chi connectivity index (χ1v) is 8.52. The van der Waals surface area contributed by atoms with Gasteiger partial charge in [0.1, 0.15) is 17.3 Å². The fraction of sp³-hybridized carbons (Fsp3) is 0.0952. The zero-order valence-electron chi connectivity index (χ0n) is 14.8. The Hall–Kier alpha value is -3.67. The molecule has 0 unspecified atom stereocenters. The molecule has 0 amide bonds. The Balaban J connectivity index is 1.79. The minimum absolute atomic E-state index is 0.0988. The lowest BCUT2D eigenvalue weighted by Gasteiger charge is -2.12. The quantitative estimate of drug-likeness (QED) is 0.561. The smallest absolute Gasteiger partial charge is 0.166 e. The van der Waals surface area contributed by atoms with Crippen molar-refractivity contribution in [2.75, 3.05) is 12.4 Å². The van der Waals surface area contributed by atoms with Crippen molar-refractivity contribution < 1.29 is 9.84 Å². The van der Waals surface area contributed by atoms with Crippen LogP contribution in [-0.2, 0) is 6.54 Å². The number of anilines is 1. The monoisotopic (exact) mass is 358 g/mol. The van der Waals surface area contributed by atoms with Crippen LogP contribution in [0.25, 0.3) is 22.3 Å². The van der Waals surface area contributed by atoms with Crippen LogP contribution >= 0.6 is 0 Å². The summed E-state index contributed by atoms with van der Waals surface area (Å²) in [5.74, 6) is 1.83. The Labute approximate surface area is 156 Å². The van der Waals surface area contributed by atoms with Crippen molar-refractivity contribution in [3.05, 3.63) is 72.6 Å². The average molecular weight is 358 g/mol. The third-order valence-corrected chi connectivity index (χ3v) is 4.21. The number of fused-ring (bicyclic) bond motifs is 1. The average Bonchev–Trinajstić information content (AvgIpc) is 2.73. The molecule has 0 fully saturated rings. The third-order valence-electron chi connectivity index (χ3n) is 4.21. The van der Waals surface area contributed by atoms with Gasteiger partial charge in [-0.15, -0.1) is 0 Å². The second-order valence-corrected chi connectivity index (χ2v) is 5.97. The van der Waals surface area contributed by atoms with Crippen molar-refractivity contribution >= 4 is 16.7 Å². The van der Waals surface area contributed by atoms with E-state index in [1.165, 1.54) is 0 Å². The predicted molar refractivity (Wildman–Crippen MR) is 105 cm³/mol. The van der Waals surface area contributed by atoms with Gasteiger partial charge in [0, 0.05) is 11.6 Å². The number of rotatable bonds is 5. The molecule has 2 aromatic carbocycles. The molecule has 27 heavy (non-hydrogen) atoms. The van der Waals surface area contributed by atoms with Crippen molar-refractivity contribution in [1.82, 2.24) is 15.0 Å². The molecular weight excluding hydrogens is 340 g/mol. The number of phenols is 1. The van der Waals surface area contributed by atoms with E-state index in [1.807, 2.05) is 42.5 Å². The number of nitrogens with zero attached hydrogens (tertiary/aromatic N) is 3. The summed E-state index contributed by atoms with van der Waals surface area (Å²) in [6, 6.07) is 18.5. The Kier molecular flexibility index (Phi) is 4.53.